The van der Waals surface area contributed by atoms with Gasteiger partial charge >= 0.3 is 0 Å². The number of rotatable bonds is 4. The van der Waals surface area contributed by atoms with Gasteiger partial charge in [0.15, 0.2) is 0 Å². The Morgan fingerprint density at radius 2 is 0.792 bits per heavy atom. The van der Waals surface area contributed by atoms with Gasteiger partial charge in [0.1, 0.15) is 0 Å². The van der Waals surface area contributed by atoms with Crippen LogP contribution >= 0.6 is 0 Å². The van der Waals surface area contributed by atoms with Crippen molar-refractivity contribution in [3.63, 3.8) is 0 Å². The van der Waals surface area contributed by atoms with E-state index in [1.807, 2.05) is 24.3 Å². The second-order valence-corrected chi connectivity index (χ2v) is 13.9. The minimum absolute atomic E-state index is 0.326. The molecule has 8 bridgehead atoms. The molecule has 7 nitrogen and oxygen atoms in total. The zero-order chi connectivity index (χ0) is 36.1. The summed E-state index contributed by atoms with van der Waals surface area (Å²) in [5.41, 5.74) is 11.8. The molecular weight excluding hydrogens is 651 g/mol. The van der Waals surface area contributed by atoms with Crippen molar-refractivity contribution in [2.75, 3.05) is 0 Å². The third-order valence-electron chi connectivity index (χ3n) is 9.94. The third kappa shape index (κ3) is 5.94. The van der Waals surface area contributed by atoms with Crippen LogP contribution in [0.25, 0.3) is 5.57 Å². The fourth-order valence-electron chi connectivity index (χ4n) is 7.03. The topological polar surface area (TPSA) is 59.2 Å². The molecule has 1 aromatic carbocycles. The molecule has 0 aromatic heterocycles. The first-order valence-corrected chi connectivity index (χ1v) is 18.0. The highest BCUT2D eigenvalue weighted by molar-refractivity contribution is 6.33. The summed E-state index contributed by atoms with van der Waals surface area (Å²) in [5.74, 6) is 3.73. The van der Waals surface area contributed by atoms with Crippen LogP contribution in [0, 0.1) is 30.1 Å². The average Bonchev–Trinajstić information content (AvgIpc) is 4.02. The van der Waals surface area contributed by atoms with E-state index >= 15 is 0 Å². The normalized spacial score (nSPS) is 22.0. The lowest BCUT2D eigenvalue weighted by molar-refractivity contribution is 0.618. The van der Waals surface area contributed by atoms with E-state index < -0.39 is 0 Å². The molecule has 256 valence electrons. The molecule has 1 aromatic rings. The Morgan fingerprint density at radius 3 is 1.19 bits per heavy atom. The van der Waals surface area contributed by atoms with Crippen LogP contribution in [0.4, 0.5) is 0 Å². The van der Waals surface area contributed by atoms with Crippen molar-refractivity contribution in [2.45, 2.75) is 20.8 Å². The predicted molar refractivity (Wildman–Crippen MR) is 217 cm³/mol. The molecule has 0 aliphatic carbocycles. The van der Waals surface area contributed by atoms with Crippen molar-refractivity contribution in [3.8, 4) is 12.3 Å². The summed E-state index contributed by atoms with van der Waals surface area (Å²) < 4.78 is 0. The molecule has 0 saturated heterocycles. The van der Waals surface area contributed by atoms with E-state index in [0.29, 0.717) is 17.8 Å². The van der Waals surface area contributed by atoms with Crippen LogP contribution in [0.3, 0.4) is 0 Å². The zero-order valence-corrected chi connectivity index (χ0v) is 29.8. The molecule has 0 spiro atoms. The van der Waals surface area contributed by atoms with Gasteiger partial charge in [-0.1, -0.05) is 75.3 Å². The molecule has 0 amide bonds. The molecule has 0 radical (unpaired) electrons. The van der Waals surface area contributed by atoms with E-state index in [2.05, 4.69) is 164 Å². The molecule has 0 unspecified atom stereocenters. The second kappa shape index (κ2) is 13.1. The Labute approximate surface area is 310 Å². The van der Waals surface area contributed by atoms with Crippen LogP contribution in [-0.2, 0) is 0 Å². The van der Waals surface area contributed by atoms with Crippen LogP contribution in [-0.4, -0.2) is 37.5 Å². The summed E-state index contributed by atoms with van der Waals surface area (Å²) in [4.78, 5) is 27.7. The highest BCUT2D eigenvalue weighted by Crippen LogP contribution is 2.36. The number of terminal acetylenes is 1. The highest BCUT2D eigenvalue weighted by Gasteiger charge is 2.30. The Hall–Kier alpha value is -6.78. The summed E-state index contributed by atoms with van der Waals surface area (Å²) in [6.07, 6.45) is 48.1. The smallest absolute Gasteiger partial charge is 0.0969 e. The maximum atomic E-state index is 5.75. The van der Waals surface area contributed by atoms with E-state index in [9.17, 15) is 0 Å². The van der Waals surface area contributed by atoms with Crippen LogP contribution in [0.5, 0.6) is 0 Å². The summed E-state index contributed by atoms with van der Waals surface area (Å²) in [6.45, 7) is 6.51. The van der Waals surface area contributed by atoms with Crippen molar-refractivity contribution >= 4 is 28.4 Å². The number of benzene rings is 1. The van der Waals surface area contributed by atoms with Crippen LogP contribution in [0.2, 0.25) is 0 Å². The van der Waals surface area contributed by atoms with E-state index in [4.69, 9.17) is 26.4 Å². The first kappa shape index (κ1) is 32.1. The lowest BCUT2D eigenvalue weighted by Gasteiger charge is -2.25. The number of aliphatic imine (C=N–C) groups is 4. The van der Waals surface area contributed by atoms with Crippen LogP contribution in [0.15, 0.2) is 206 Å². The summed E-state index contributed by atoms with van der Waals surface area (Å²) in [7, 11) is 0. The first-order valence-electron chi connectivity index (χ1n) is 18.0. The average molecular weight is 688 g/mol. The van der Waals surface area contributed by atoms with Crippen molar-refractivity contribution in [1.82, 2.24) is 14.7 Å². The number of allylic oxidation sites excluding steroid dienone is 15. The lowest BCUT2D eigenvalue weighted by atomic mass is 9.98. The SMILES string of the molecule is C#Cc1ccc(C2=C3C=CC(=N3)C(N3C=CC(C)C=C3)=C3C=CC(=N3)C(N3C=CC(C)C=C3)=C3C=CC(=N3)C(N3C=CC(C)C=C3)=C3C=CC2=N3)cc1. The molecular formula is C46H37N7. The highest BCUT2D eigenvalue weighted by atomic mass is 15.2. The monoisotopic (exact) mass is 687 g/mol. The molecule has 0 N–H and O–H groups in total. The van der Waals surface area contributed by atoms with Gasteiger partial charge in [-0.15, -0.1) is 6.42 Å². The minimum atomic E-state index is 0.326. The fraction of sp³-hybridized carbons (Fsp3) is 0.130. The Morgan fingerprint density at radius 1 is 0.453 bits per heavy atom. The van der Waals surface area contributed by atoms with Crippen molar-refractivity contribution in [3.05, 3.63) is 198 Å². The van der Waals surface area contributed by atoms with Crippen molar-refractivity contribution in [2.24, 2.45) is 37.7 Å². The molecule has 0 atom stereocenters. The second-order valence-electron chi connectivity index (χ2n) is 13.9. The lowest BCUT2D eigenvalue weighted by Crippen LogP contribution is -2.21. The van der Waals surface area contributed by atoms with Gasteiger partial charge in [0, 0.05) is 48.3 Å². The number of hydrogen-bond donors (Lipinski definition) is 0. The number of fused-ring (bicyclic) bond motifs is 4. The van der Waals surface area contributed by atoms with Gasteiger partial charge in [-0.3, -0.25) is 0 Å². The Bertz CT molecular complexity index is 2370. The van der Waals surface area contributed by atoms with Gasteiger partial charge in [0.25, 0.3) is 0 Å². The summed E-state index contributed by atoms with van der Waals surface area (Å²) in [5, 5.41) is 0. The standard InChI is InChI=1S/C46H37N7/c1-5-33-6-8-34(9-7-33)43-35-10-12-37(47-35)44(51-24-18-30(2)19-25-51)39-14-16-41(49-39)46(53-28-22-32(4)23-29-53)42-17-15-40(50-42)45(38-13-11-36(43)48-38)52-26-20-31(3)21-27-52/h1,6-32H,2-4H3. The zero-order valence-electron chi connectivity index (χ0n) is 29.8. The third-order valence-corrected chi connectivity index (χ3v) is 9.94. The quantitative estimate of drug-likeness (QED) is 0.297. The molecule has 7 heteroatoms. The fourth-order valence-corrected chi connectivity index (χ4v) is 7.03. The van der Waals surface area contributed by atoms with Crippen molar-refractivity contribution < 1.29 is 0 Å². The van der Waals surface area contributed by atoms with Gasteiger partial charge in [0.2, 0.25) is 0 Å². The molecule has 8 aliphatic heterocycles. The molecule has 0 saturated carbocycles. The summed E-state index contributed by atoms with van der Waals surface area (Å²) in [6, 6.07) is 8.03. The molecule has 9 rings (SSSR count). The molecule has 53 heavy (non-hydrogen) atoms. The van der Waals surface area contributed by atoms with Gasteiger partial charge < -0.3 is 14.7 Å². The van der Waals surface area contributed by atoms with E-state index in [0.717, 1.165) is 79.4 Å². The van der Waals surface area contributed by atoms with Gasteiger partial charge in [-0.05, 0) is 84.1 Å². The first-order chi connectivity index (χ1) is 25.9. The van der Waals surface area contributed by atoms with Crippen molar-refractivity contribution in [1.29, 1.82) is 0 Å². The van der Waals surface area contributed by atoms with Gasteiger partial charge in [-0.2, -0.15) is 0 Å². The van der Waals surface area contributed by atoms with E-state index in [1.165, 1.54) is 0 Å². The molecule has 8 heterocycles. The summed E-state index contributed by atoms with van der Waals surface area (Å²) >= 11 is 0. The van der Waals surface area contributed by atoms with Gasteiger partial charge in [0.05, 0.1) is 62.7 Å². The van der Waals surface area contributed by atoms with Crippen LogP contribution in [0.1, 0.15) is 31.9 Å². The van der Waals surface area contributed by atoms with E-state index in [-0.39, 0.29) is 0 Å². The Kier molecular flexibility index (Phi) is 7.93. The van der Waals surface area contributed by atoms with Crippen LogP contribution < -0.4 is 0 Å². The maximum Gasteiger partial charge on any atom is 0.0969 e. The molecule has 8 aliphatic rings. The number of nitrogens with zero attached hydrogens (tertiary/aromatic N) is 7. The van der Waals surface area contributed by atoms with Gasteiger partial charge in [-0.25, -0.2) is 20.0 Å². The number of hydrogen-bond acceptors (Lipinski definition) is 7. The van der Waals surface area contributed by atoms with E-state index in [1.54, 1.807) is 0 Å². The molecule has 0 fully saturated rings. The Balaban J connectivity index is 1.32. The largest absolute Gasteiger partial charge is 0.321 e. The minimum Gasteiger partial charge on any atom is -0.321 e. The predicted octanol–water partition coefficient (Wildman–Crippen LogP) is 9.01. The maximum absolute atomic E-state index is 5.75.